The van der Waals surface area contributed by atoms with E-state index in [0.717, 1.165) is 9.75 Å². The van der Waals surface area contributed by atoms with Crippen LogP contribution in [0.1, 0.15) is 9.75 Å². The first-order chi connectivity index (χ1) is 9.06. The number of para-hydroxylation sites is 1. The van der Waals surface area contributed by atoms with Gasteiger partial charge in [0.25, 0.3) is 0 Å². The second-order valence-electron chi connectivity index (χ2n) is 3.89. The molecule has 0 unspecified atom stereocenters. The molecule has 0 atom stereocenters. The molecule has 1 heterocycles. The van der Waals surface area contributed by atoms with Gasteiger partial charge in [0.1, 0.15) is 0 Å². The molecular weight excluding hydrogens is 305 g/mol. The monoisotopic (exact) mass is 315 g/mol. The number of carbonyl (C=O) groups is 1. The fourth-order valence-electron chi connectivity index (χ4n) is 1.60. The lowest BCUT2D eigenvalue weighted by Crippen LogP contribution is -1.99. The minimum atomic E-state index is -0.824. The minimum absolute atomic E-state index is 0.0531. The number of aliphatic carboxylic acids is 1. The molecule has 0 fully saturated rings. The van der Waals surface area contributed by atoms with Crippen molar-refractivity contribution in [1.82, 2.24) is 0 Å². The Morgan fingerprint density at radius 3 is 2.42 bits per heavy atom. The third-order valence-corrected chi connectivity index (χ3v) is 4.16. The first-order valence-electron chi connectivity index (χ1n) is 5.53. The van der Waals surface area contributed by atoms with E-state index < -0.39 is 5.97 Å². The van der Waals surface area contributed by atoms with Crippen molar-refractivity contribution in [2.24, 2.45) is 0 Å². The lowest BCUT2D eigenvalue weighted by atomic mass is 10.3. The predicted octanol–water partition coefficient (Wildman–Crippen LogP) is 4.29. The zero-order chi connectivity index (χ0) is 13.8. The highest BCUT2D eigenvalue weighted by Gasteiger charge is 2.07. The van der Waals surface area contributed by atoms with Gasteiger partial charge < -0.3 is 10.4 Å². The molecule has 0 saturated carbocycles. The quantitative estimate of drug-likeness (QED) is 0.865. The summed E-state index contributed by atoms with van der Waals surface area (Å²) in [7, 11) is 0. The van der Waals surface area contributed by atoms with Gasteiger partial charge in [0.15, 0.2) is 0 Å². The van der Waals surface area contributed by atoms with Crippen LogP contribution in [0.5, 0.6) is 0 Å². The predicted molar refractivity (Wildman–Crippen MR) is 79.4 cm³/mol. The molecule has 0 aliphatic carbocycles. The second-order valence-corrected chi connectivity index (χ2v) is 5.96. The Balaban J connectivity index is 2.02. The number of anilines is 1. The SMILES string of the molecule is O=C(O)Cc1ccc(CNc2c(Cl)cccc2Cl)s1. The molecule has 2 rings (SSSR count). The Hall–Kier alpha value is -1.23. The van der Waals surface area contributed by atoms with Crippen LogP contribution in [0.3, 0.4) is 0 Å². The van der Waals surface area contributed by atoms with E-state index in [-0.39, 0.29) is 6.42 Å². The summed E-state index contributed by atoms with van der Waals surface area (Å²) in [5, 5.41) is 13.0. The topological polar surface area (TPSA) is 49.3 Å². The van der Waals surface area contributed by atoms with Crippen LogP contribution in [0, 0.1) is 0 Å². The fourth-order valence-corrected chi connectivity index (χ4v) is 3.08. The van der Waals surface area contributed by atoms with Gasteiger partial charge in [0.2, 0.25) is 0 Å². The first kappa shape index (κ1) is 14.2. The van der Waals surface area contributed by atoms with Crippen LogP contribution in [0.4, 0.5) is 5.69 Å². The van der Waals surface area contributed by atoms with Gasteiger partial charge in [-0.15, -0.1) is 11.3 Å². The molecule has 0 amide bonds. The summed E-state index contributed by atoms with van der Waals surface area (Å²) in [6, 6.07) is 9.04. The number of benzene rings is 1. The number of carboxylic acid groups (broad SMARTS) is 1. The van der Waals surface area contributed by atoms with Crippen molar-refractivity contribution < 1.29 is 9.90 Å². The van der Waals surface area contributed by atoms with Crippen LogP contribution in [-0.4, -0.2) is 11.1 Å². The molecule has 100 valence electrons. The average Bonchev–Trinajstić information content (AvgIpc) is 2.75. The molecule has 0 bridgehead atoms. The van der Waals surface area contributed by atoms with Gasteiger partial charge in [0, 0.05) is 16.3 Å². The average molecular weight is 316 g/mol. The van der Waals surface area contributed by atoms with Gasteiger partial charge in [-0.1, -0.05) is 29.3 Å². The normalized spacial score (nSPS) is 10.4. The Bertz CT molecular complexity index is 578. The van der Waals surface area contributed by atoms with E-state index in [4.69, 9.17) is 28.3 Å². The van der Waals surface area contributed by atoms with Crippen molar-refractivity contribution in [2.75, 3.05) is 5.32 Å². The summed E-state index contributed by atoms with van der Waals surface area (Å²) in [6.45, 7) is 0.563. The Morgan fingerprint density at radius 1 is 1.16 bits per heavy atom. The summed E-state index contributed by atoms with van der Waals surface area (Å²) in [4.78, 5) is 12.5. The lowest BCUT2D eigenvalue weighted by molar-refractivity contribution is -0.136. The number of thiophene rings is 1. The van der Waals surface area contributed by atoms with Crippen LogP contribution in [0.2, 0.25) is 10.0 Å². The Kier molecular flexibility index (Phi) is 4.69. The molecule has 0 spiro atoms. The zero-order valence-corrected chi connectivity index (χ0v) is 12.1. The van der Waals surface area contributed by atoms with Gasteiger partial charge in [-0.2, -0.15) is 0 Å². The van der Waals surface area contributed by atoms with Crippen molar-refractivity contribution >= 4 is 46.2 Å². The van der Waals surface area contributed by atoms with Crippen molar-refractivity contribution in [3.8, 4) is 0 Å². The van der Waals surface area contributed by atoms with Crippen LogP contribution in [-0.2, 0) is 17.8 Å². The van der Waals surface area contributed by atoms with Gasteiger partial charge in [-0.05, 0) is 24.3 Å². The second kappa shape index (κ2) is 6.28. The molecule has 2 aromatic rings. The van der Waals surface area contributed by atoms with E-state index in [0.29, 0.717) is 22.3 Å². The highest BCUT2D eigenvalue weighted by molar-refractivity contribution is 7.12. The maximum atomic E-state index is 10.6. The Labute approximate surface area is 124 Å². The van der Waals surface area contributed by atoms with Crippen LogP contribution in [0.25, 0.3) is 0 Å². The third-order valence-electron chi connectivity index (χ3n) is 2.44. The number of carboxylic acids is 1. The number of hydrogen-bond acceptors (Lipinski definition) is 3. The first-order valence-corrected chi connectivity index (χ1v) is 7.11. The smallest absolute Gasteiger partial charge is 0.308 e. The third kappa shape index (κ3) is 3.86. The van der Waals surface area contributed by atoms with Gasteiger partial charge in [-0.3, -0.25) is 4.79 Å². The minimum Gasteiger partial charge on any atom is -0.481 e. The molecular formula is C13H11Cl2NO2S. The molecule has 6 heteroatoms. The molecule has 0 saturated heterocycles. The molecule has 1 aromatic heterocycles. The van der Waals surface area contributed by atoms with Gasteiger partial charge >= 0.3 is 5.97 Å². The lowest BCUT2D eigenvalue weighted by Gasteiger charge is -2.08. The summed E-state index contributed by atoms with van der Waals surface area (Å²) in [6.07, 6.45) is 0.0531. The van der Waals surface area contributed by atoms with E-state index in [1.54, 1.807) is 18.2 Å². The largest absolute Gasteiger partial charge is 0.481 e. The maximum absolute atomic E-state index is 10.6. The molecule has 1 aromatic carbocycles. The van der Waals surface area contributed by atoms with Crippen molar-refractivity contribution in [3.63, 3.8) is 0 Å². The van der Waals surface area contributed by atoms with Gasteiger partial charge in [-0.25, -0.2) is 0 Å². The summed E-state index contributed by atoms with van der Waals surface area (Å²) in [5.74, 6) is -0.824. The Morgan fingerprint density at radius 2 is 1.79 bits per heavy atom. The summed E-state index contributed by atoms with van der Waals surface area (Å²) < 4.78 is 0. The molecule has 19 heavy (non-hydrogen) atoms. The number of halogens is 2. The summed E-state index contributed by atoms with van der Waals surface area (Å²) in [5.41, 5.74) is 0.694. The van der Waals surface area contributed by atoms with Crippen LogP contribution >= 0.6 is 34.5 Å². The molecule has 0 aliphatic heterocycles. The van der Waals surface area contributed by atoms with Crippen molar-refractivity contribution in [1.29, 1.82) is 0 Å². The number of hydrogen-bond donors (Lipinski definition) is 2. The van der Waals surface area contributed by atoms with Crippen molar-refractivity contribution in [3.05, 3.63) is 50.1 Å². The van der Waals surface area contributed by atoms with Gasteiger partial charge in [0.05, 0.1) is 22.2 Å². The van der Waals surface area contributed by atoms with Crippen LogP contribution < -0.4 is 5.32 Å². The molecule has 3 nitrogen and oxygen atoms in total. The fraction of sp³-hybridized carbons (Fsp3) is 0.154. The van der Waals surface area contributed by atoms with E-state index in [1.807, 2.05) is 12.1 Å². The zero-order valence-electron chi connectivity index (χ0n) is 9.82. The summed E-state index contributed by atoms with van der Waals surface area (Å²) >= 11 is 13.6. The number of nitrogens with one attached hydrogen (secondary N) is 1. The highest BCUT2D eigenvalue weighted by atomic mass is 35.5. The van der Waals surface area contributed by atoms with E-state index in [1.165, 1.54) is 11.3 Å². The van der Waals surface area contributed by atoms with E-state index >= 15 is 0 Å². The van der Waals surface area contributed by atoms with Crippen LogP contribution in [0.15, 0.2) is 30.3 Å². The molecule has 2 N–H and O–H groups in total. The van der Waals surface area contributed by atoms with E-state index in [9.17, 15) is 4.79 Å². The molecule has 0 radical (unpaired) electrons. The highest BCUT2D eigenvalue weighted by Crippen LogP contribution is 2.30. The standard InChI is InChI=1S/C13H11Cl2NO2S/c14-10-2-1-3-11(15)13(10)16-7-9-5-4-8(19-9)6-12(17)18/h1-5,16H,6-7H2,(H,17,18). The van der Waals surface area contributed by atoms with Crippen molar-refractivity contribution in [2.45, 2.75) is 13.0 Å². The van der Waals surface area contributed by atoms with E-state index in [2.05, 4.69) is 5.32 Å². The maximum Gasteiger partial charge on any atom is 0.308 e. The number of rotatable bonds is 5. The molecule has 0 aliphatic rings.